The molecule has 0 aliphatic rings. The van der Waals surface area contributed by atoms with Crippen LogP contribution in [0.25, 0.3) is 6.08 Å². The molecular formula is C10H13N3. The Morgan fingerprint density at radius 2 is 2.15 bits per heavy atom. The summed E-state index contributed by atoms with van der Waals surface area (Å²) >= 11 is 0. The van der Waals surface area contributed by atoms with E-state index in [1.807, 2.05) is 31.2 Å². The summed E-state index contributed by atoms with van der Waals surface area (Å²) in [6.07, 6.45) is 5.23. The van der Waals surface area contributed by atoms with E-state index < -0.39 is 0 Å². The summed E-state index contributed by atoms with van der Waals surface area (Å²) in [4.78, 5) is 0. The van der Waals surface area contributed by atoms with Gasteiger partial charge in [-0.2, -0.15) is 5.10 Å². The van der Waals surface area contributed by atoms with Crippen molar-refractivity contribution in [3.8, 4) is 0 Å². The standard InChI is InChI=1S/C10H13N3/c1-8-4-5-10(11)7-9(8)3-2-6-13-12/h2-7H,11-12H2,1H3/b3-2+,13-6-. The first-order chi connectivity index (χ1) is 6.24. The average molecular weight is 175 g/mol. The maximum absolute atomic E-state index is 5.64. The Kier molecular flexibility index (Phi) is 3.09. The number of aryl methyl sites for hydroxylation is 1. The molecule has 0 aromatic heterocycles. The molecule has 0 atom stereocenters. The van der Waals surface area contributed by atoms with Crippen molar-refractivity contribution in [3.05, 3.63) is 35.4 Å². The minimum atomic E-state index is 0.759. The molecule has 4 N–H and O–H groups in total. The predicted octanol–water partition coefficient (Wildman–Crippen LogP) is 1.53. The lowest BCUT2D eigenvalue weighted by atomic mass is 10.1. The lowest BCUT2D eigenvalue weighted by Gasteiger charge is -2.00. The van der Waals surface area contributed by atoms with Gasteiger partial charge in [0, 0.05) is 11.9 Å². The lowest BCUT2D eigenvalue weighted by molar-refractivity contribution is 1.27. The number of nitrogen functional groups attached to an aromatic ring is 1. The van der Waals surface area contributed by atoms with E-state index in [1.54, 1.807) is 6.08 Å². The first-order valence-corrected chi connectivity index (χ1v) is 4.00. The fourth-order valence-electron chi connectivity index (χ4n) is 1.03. The molecule has 68 valence electrons. The fraction of sp³-hybridized carbons (Fsp3) is 0.100. The molecule has 13 heavy (non-hydrogen) atoms. The number of anilines is 1. The van der Waals surface area contributed by atoms with Crippen molar-refractivity contribution < 1.29 is 0 Å². The molecule has 0 amide bonds. The van der Waals surface area contributed by atoms with E-state index in [-0.39, 0.29) is 0 Å². The average Bonchev–Trinajstić information content (AvgIpc) is 2.11. The van der Waals surface area contributed by atoms with Crippen LogP contribution in [0.15, 0.2) is 29.4 Å². The third-order valence-corrected chi connectivity index (χ3v) is 1.75. The zero-order chi connectivity index (χ0) is 9.68. The van der Waals surface area contributed by atoms with Gasteiger partial charge in [-0.05, 0) is 36.3 Å². The molecule has 0 radical (unpaired) electrons. The van der Waals surface area contributed by atoms with Gasteiger partial charge in [-0.25, -0.2) is 0 Å². The van der Waals surface area contributed by atoms with Crippen LogP contribution in [-0.2, 0) is 0 Å². The Labute approximate surface area is 77.7 Å². The van der Waals surface area contributed by atoms with Crippen molar-refractivity contribution in [2.45, 2.75) is 6.92 Å². The molecule has 1 aromatic rings. The number of hydrazone groups is 1. The largest absolute Gasteiger partial charge is 0.399 e. The third kappa shape index (κ3) is 2.63. The van der Waals surface area contributed by atoms with E-state index in [1.165, 1.54) is 11.8 Å². The summed E-state index contributed by atoms with van der Waals surface area (Å²) in [5, 5.41) is 3.36. The highest BCUT2D eigenvalue weighted by atomic mass is 15.1. The molecule has 0 aliphatic carbocycles. The maximum atomic E-state index is 5.64. The highest BCUT2D eigenvalue weighted by Gasteiger charge is 1.93. The summed E-state index contributed by atoms with van der Waals surface area (Å²) in [5.74, 6) is 4.95. The lowest BCUT2D eigenvalue weighted by Crippen LogP contribution is -1.87. The number of benzene rings is 1. The quantitative estimate of drug-likeness (QED) is 0.310. The Morgan fingerprint density at radius 3 is 2.85 bits per heavy atom. The molecule has 0 saturated carbocycles. The van der Waals surface area contributed by atoms with Crippen LogP contribution in [0.4, 0.5) is 5.69 Å². The maximum Gasteiger partial charge on any atom is 0.0465 e. The molecular weight excluding hydrogens is 162 g/mol. The zero-order valence-corrected chi connectivity index (χ0v) is 7.57. The van der Waals surface area contributed by atoms with E-state index in [4.69, 9.17) is 11.6 Å². The molecule has 0 fully saturated rings. The van der Waals surface area contributed by atoms with Crippen LogP contribution in [0.5, 0.6) is 0 Å². The van der Waals surface area contributed by atoms with Gasteiger partial charge in [0.05, 0.1) is 0 Å². The van der Waals surface area contributed by atoms with E-state index in [9.17, 15) is 0 Å². The van der Waals surface area contributed by atoms with Crippen LogP contribution in [0.1, 0.15) is 11.1 Å². The molecule has 0 spiro atoms. The first kappa shape index (κ1) is 9.32. The van der Waals surface area contributed by atoms with E-state index in [0.717, 1.165) is 11.3 Å². The first-order valence-electron chi connectivity index (χ1n) is 4.00. The molecule has 3 heteroatoms. The second-order valence-electron chi connectivity index (χ2n) is 2.77. The van der Waals surface area contributed by atoms with E-state index in [2.05, 4.69) is 5.10 Å². The van der Waals surface area contributed by atoms with Crippen molar-refractivity contribution in [2.24, 2.45) is 10.9 Å². The Morgan fingerprint density at radius 1 is 1.38 bits per heavy atom. The molecule has 0 bridgehead atoms. The summed E-state index contributed by atoms with van der Waals surface area (Å²) in [5.41, 5.74) is 8.66. The van der Waals surface area contributed by atoms with Gasteiger partial charge < -0.3 is 11.6 Å². The van der Waals surface area contributed by atoms with E-state index in [0.29, 0.717) is 0 Å². The summed E-state index contributed by atoms with van der Waals surface area (Å²) in [6, 6.07) is 5.77. The minimum Gasteiger partial charge on any atom is -0.399 e. The smallest absolute Gasteiger partial charge is 0.0465 e. The molecule has 0 unspecified atom stereocenters. The summed E-state index contributed by atoms with van der Waals surface area (Å²) in [7, 11) is 0. The van der Waals surface area contributed by atoms with Crippen molar-refractivity contribution >= 4 is 18.0 Å². The molecule has 0 heterocycles. The van der Waals surface area contributed by atoms with Gasteiger partial charge in [0.1, 0.15) is 0 Å². The van der Waals surface area contributed by atoms with Gasteiger partial charge in [0.25, 0.3) is 0 Å². The van der Waals surface area contributed by atoms with Gasteiger partial charge in [-0.15, -0.1) is 0 Å². The van der Waals surface area contributed by atoms with Crippen molar-refractivity contribution in [1.82, 2.24) is 0 Å². The van der Waals surface area contributed by atoms with Crippen LogP contribution in [0, 0.1) is 6.92 Å². The zero-order valence-electron chi connectivity index (χ0n) is 7.57. The van der Waals surface area contributed by atoms with Crippen LogP contribution in [-0.4, -0.2) is 6.21 Å². The molecule has 3 nitrogen and oxygen atoms in total. The number of hydrogen-bond donors (Lipinski definition) is 2. The van der Waals surface area contributed by atoms with Crippen molar-refractivity contribution in [3.63, 3.8) is 0 Å². The highest BCUT2D eigenvalue weighted by molar-refractivity contribution is 5.79. The summed E-state index contributed by atoms with van der Waals surface area (Å²) < 4.78 is 0. The number of allylic oxidation sites excluding steroid dienone is 1. The molecule has 0 saturated heterocycles. The SMILES string of the molecule is Cc1ccc(N)cc1/C=C/C=N\N. The van der Waals surface area contributed by atoms with Crippen molar-refractivity contribution in [2.75, 3.05) is 5.73 Å². The monoisotopic (exact) mass is 175 g/mol. The number of nitrogens with two attached hydrogens (primary N) is 2. The Balaban J connectivity index is 2.93. The van der Waals surface area contributed by atoms with Gasteiger partial charge >= 0.3 is 0 Å². The Bertz CT molecular complexity index is 340. The predicted molar refractivity (Wildman–Crippen MR) is 57.3 cm³/mol. The molecule has 1 aromatic carbocycles. The minimum absolute atomic E-state index is 0.759. The normalized spacial score (nSPS) is 11.5. The van der Waals surface area contributed by atoms with Crippen molar-refractivity contribution in [1.29, 1.82) is 0 Å². The number of nitrogens with zero attached hydrogens (tertiary/aromatic N) is 1. The number of hydrogen-bond acceptors (Lipinski definition) is 3. The van der Waals surface area contributed by atoms with Crippen LogP contribution < -0.4 is 11.6 Å². The van der Waals surface area contributed by atoms with E-state index >= 15 is 0 Å². The number of rotatable bonds is 2. The molecule has 0 aliphatic heterocycles. The van der Waals surface area contributed by atoms with Crippen LogP contribution in [0.3, 0.4) is 0 Å². The van der Waals surface area contributed by atoms with Crippen LogP contribution in [0.2, 0.25) is 0 Å². The molecule has 1 rings (SSSR count). The van der Waals surface area contributed by atoms with Gasteiger partial charge in [-0.1, -0.05) is 12.1 Å². The highest BCUT2D eigenvalue weighted by Crippen LogP contribution is 2.13. The Hall–Kier alpha value is -1.77. The fourth-order valence-corrected chi connectivity index (χ4v) is 1.03. The third-order valence-electron chi connectivity index (χ3n) is 1.75. The van der Waals surface area contributed by atoms with Crippen LogP contribution >= 0.6 is 0 Å². The summed E-state index contributed by atoms with van der Waals surface area (Å²) in [6.45, 7) is 2.03. The van der Waals surface area contributed by atoms with Gasteiger partial charge in [0.15, 0.2) is 0 Å². The second kappa shape index (κ2) is 4.30. The van der Waals surface area contributed by atoms with Gasteiger partial charge in [-0.3, -0.25) is 0 Å². The van der Waals surface area contributed by atoms with Gasteiger partial charge in [0.2, 0.25) is 0 Å². The second-order valence-corrected chi connectivity index (χ2v) is 2.77. The topological polar surface area (TPSA) is 64.4 Å².